The van der Waals surface area contributed by atoms with E-state index < -0.39 is 0 Å². The molecule has 0 fully saturated rings. The van der Waals surface area contributed by atoms with Crippen LogP contribution in [0.25, 0.3) is 4.96 Å². The van der Waals surface area contributed by atoms with E-state index in [1.54, 1.807) is 18.5 Å². The molecule has 0 aliphatic rings. The fraction of sp³-hybridized carbons (Fsp3) is 0.333. The minimum absolute atomic E-state index is 0.0727. The van der Waals surface area contributed by atoms with Crippen molar-refractivity contribution in [2.24, 2.45) is 0 Å². The fourth-order valence-corrected chi connectivity index (χ4v) is 2.36. The predicted molar refractivity (Wildman–Crippen MR) is 55.2 cm³/mol. The van der Waals surface area contributed by atoms with Crippen LogP contribution in [0.4, 0.5) is 0 Å². The van der Waals surface area contributed by atoms with Gasteiger partial charge in [0.05, 0.1) is 6.61 Å². The van der Waals surface area contributed by atoms with Crippen LogP contribution in [0.1, 0.15) is 5.56 Å². The quantitative estimate of drug-likeness (QED) is 0.689. The van der Waals surface area contributed by atoms with Crippen LogP contribution in [0.3, 0.4) is 0 Å². The van der Waals surface area contributed by atoms with Gasteiger partial charge in [-0.3, -0.25) is 0 Å². The van der Waals surface area contributed by atoms with Crippen molar-refractivity contribution in [1.29, 1.82) is 0 Å². The third-order valence-electron chi connectivity index (χ3n) is 2.27. The van der Waals surface area contributed by atoms with Crippen LogP contribution < -0.4 is 10.1 Å². The van der Waals surface area contributed by atoms with E-state index in [0.717, 1.165) is 0 Å². The van der Waals surface area contributed by atoms with Crippen LogP contribution in [-0.4, -0.2) is 21.2 Å². The molecule has 2 aromatic rings. The van der Waals surface area contributed by atoms with Crippen molar-refractivity contribution < 1.29 is 14.8 Å². The third kappa shape index (κ3) is 1.42. The number of fused-ring (bicyclic) bond motifs is 1. The molecule has 0 saturated carbocycles. The van der Waals surface area contributed by atoms with Crippen LogP contribution in [0.15, 0.2) is 16.4 Å². The van der Waals surface area contributed by atoms with E-state index >= 15 is 0 Å². The molecule has 0 aliphatic carbocycles. The summed E-state index contributed by atoms with van der Waals surface area (Å²) in [6, 6.07) is 0. The minimum atomic E-state index is -0.224. The van der Waals surface area contributed by atoms with Crippen LogP contribution in [0.2, 0.25) is 0 Å². The van der Waals surface area contributed by atoms with E-state index in [4.69, 9.17) is 5.11 Å². The number of aromatic nitrogens is 2. The Hall–Kier alpha value is -1.40. The Morgan fingerprint density at radius 2 is 2.33 bits per heavy atom. The van der Waals surface area contributed by atoms with Gasteiger partial charge in [-0.1, -0.05) is 11.3 Å². The summed E-state index contributed by atoms with van der Waals surface area (Å²) < 4.78 is 3.00. The SMILES string of the molecule is Cc1c(O)[n+](CCO)c2sccn2c1=O. The molecule has 0 amide bonds. The van der Waals surface area contributed by atoms with Crippen molar-refractivity contribution in [3.8, 4) is 5.88 Å². The maximum absolute atomic E-state index is 11.7. The number of nitrogens with zero attached hydrogens (tertiary/aromatic N) is 2. The average Bonchev–Trinajstić information content (AvgIpc) is 2.70. The first-order valence-electron chi connectivity index (χ1n) is 4.49. The lowest BCUT2D eigenvalue weighted by Gasteiger charge is -2.02. The van der Waals surface area contributed by atoms with Gasteiger partial charge in [-0.05, 0) is 6.92 Å². The van der Waals surface area contributed by atoms with E-state index in [9.17, 15) is 9.90 Å². The molecule has 5 nitrogen and oxygen atoms in total. The smallest absolute Gasteiger partial charge is 0.351 e. The number of aliphatic hydroxyl groups excluding tert-OH is 1. The summed E-state index contributed by atoms with van der Waals surface area (Å²) in [6.07, 6.45) is 1.66. The summed E-state index contributed by atoms with van der Waals surface area (Å²) in [5, 5.41) is 20.4. The van der Waals surface area contributed by atoms with E-state index in [1.807, 2.05) is 0 Å². The highest BCUT2D eigenvalue weighted by atomic mass is 32.1. The van der Waals surface area contributed by atoms with Crippen molar-refractivity contribution in [2.75, 3.05) is 6.61 Å². The van der Waals surface area contributed by atoms with Gasteiger partial charge in [0, 0.05) is 5.38 Å². The summed E-state index contributed by atoms with van der Waals surface area (Å²) in [4.78, 5) is 12.3. The molecule has 0 aromatic carbocycles. The molecule has 0 unspecified atom stereocenters. The number of hydrogen-bond donors (Lipinski definition) is 2. The third-order valence-corrected chi connectivity index (χ3v) is 3.16. The van der Waals surface area contributed by atoms with Crippen molar-refractivity contribution in [2.45, 2.75) is 13.5 Å². The highest BCUT2D eigenvalue weighted by molar-refractivity contribution is 7.14. The van der Waals surface area contributed by atoms with Crippen LogP contribution in [0.5, 0.6) is 5.88 Å². The topological polar surface area (TPSA) is 65.8 Å². The summed E-state index contributed by atoms with van der Waals surface area (Å²) in [5.41, 5.74) is 0.0669. The van der Waals surface area contributed by atoms with Crippen LogP contribution >= 0.6 is 11.3 Å². The molecule has 0 bridgehead atoms. The standard InChI is InChI=1S/C9H10N2O3S/c1-6-7(13)10(2-4-12)9-11(8(6)14)3-5-15-9/h3,5,12H,2,4H2,1H3/p+1. The van der Waals surface area contributed by atoms with Gasteiger partial charge in [0.15, 0.2) is 0 Å². The Balaban J connectivity index is 2.88. The summed E-state index contributed by atoms with van der Waals surface area (Å²) in [5.74, 6) is -0.0727. The highest BCUT2D eigenvalue weighted by Gasteiger charge is 2.21. The Kier molecular flexibility index (Phi) is 2.45. The van der Waals surface area contributed by atoms with Crippen molar-refractivity contribution >= 4 is 16.3 Å². The number of thiazole rings is 1. The van der Waals surface area contributed by atoms with Gasteiger partial charge in [-0.25, -0.2) is 4.79 Å². The van der Waals surface area contributed by atoms with E-state index in [-0.39, 0.29) is 24.6 Å². The molecule has 0 spiro atoms. The monoisotopic (exact) mass is 227 g/mol. The van der Waals surface area contributed by atoms with Crippen molar-refractivity contribution in [3.05, 3.63) is 27.5 Å². The zero-order valence-corrected chi connectivity index (χ0v) is 8.99. The summed E-state index contributed by atoms with van der Waals surface area (Å²) >= 11 is 1.35. The van der Waals surface area contributed by atoms with Gasteiger partial charge in [0.1, 0.15) is 18.3 Å². The fourth-order valence-electron chi connectivity index (χ4n) is 1.49. The van der Waals surface area contributed by atoms with Crippen molar-refractivity contribution in [1.82, 2.24) is 4.40 Å². The molecule has 0 saturated heterocycles. The van der Waals surface area contributed by atoms with Crippen molar-refractivity contribution in [3.63, 3.8) is 0 Å². The molecule has 2 rings (SSSR count). The average molecular weight is 227 g/mol. The molecular weight excluding hydrogens is 216 g/mol. The Morgan fingerprint density at radius 3 is 3.00 bits per heavy atom. The largest absolute Gasteiger partial charge is 0.477 e. The van der Waals surface area contributed by atoms with E-state index in [0.29, 0.717) is 10.5 Å². The lowest BCUT2D eigenvalue weighted by molar-refractivity contribution is -0.680. The van der Waals surface area contributed by atoms with Gasteiger partial charge >= 0.3 is 10.5 Å². The number of hydrogen-bond acceptors (Lipinski definition) is 4. The Morgan fingerprint density at radius 1 is 1.60 bits per heavy atom. The van der Waals surface area contributed by atoms with Crippen LogP contribution in [0, 0.1) is 6.92 Å². The molecule has 2 aromatic heterocycles. The van der Waals surface area contributed by atoms with E-state index in [1.165, 1.54) is 20.3 Å². The summed E-state index contributed by atoms with van der Waals surface area (Å²) in [7, 11) is 0. The molecule has 6 heteroatoms. The Labute approximate surface area is 89.5 Å². The second kappa shape index (κ2) is 3.63. The first-order valence-corrected chi connectivity index (χ1v) is 5.37. The zero-order chi connectivity index (χ0) is 11.0. The lowest BCUT2D eigenvalue weighted by atomic mass is 10.3. The number of aliphatic hydroxyl groups is 1. The van der Waals surface area contributed by atoms with Gasteiger partial charge in [-0.15, -0.1) is 0 Å². The van der Waals surface area contributed by atoms with Crippen LogP contribution in [-0.2, 0) is 6.54 Å². The van der Waals surface area contributed by atoms with Gasteiger partial charge in [0.2, 0.25) is 0 Å². The molecule has 0 radical (unpaired) electrons. The lowest BCUT2D eigenvalue weighted by Crippen LogP contribution is -2.41. The molecule has 2 N–H and O–H groups in total. The molecule has 2 heterocycles. The first-order chi connectivity index (χ1) is 7.16. The summed E-state index contributed by atoms with van der Waals surface area (Å²) in [6.45, 7) is 1.76. The van der Waals surface area contributed by atoms with Gasteiger partial charge < -0.3 is 10.2 Å². The second-order valence-corrected chi connectivity index (χ2v) is 4.06. The molecular formula is C9H11N2O3S+. The molecule has 0 aliphatic heterocycles. The molecule has 80 valence electrons. The maximum atomic E-state index is 11.7. The normalized spacial score (nSPS) is 11.1. The zero-order valence-electron chi connectivity index (χ0n) is 8.17. The molecule has 0 atom stereocenters. The number of aromatic hydroxyl groups is 1. The minimum Gasteiger partial charge on any atom is -0.477 e. The number of rotatable bonds is 2. The maximum Gasteiger partial charge on any atom is 0.351 e. The van der Waals surface area contributed by atoms with Gasteiger partial charge in [0.25, 0.3) is 5.88 Å². The van der Waals surface area contributed by atoms with Gasteiger partial charge in [-0.2, -0.15) is 8.97 Å². The second-order valence-electron chi connectivity index (χ2n) is 3.18. The van der Waals surface area contributed by atoms with E-state index in [2.05, 4.69) is 0 Å². The Bertz CT molecular complexity index is 558. The first kappa shape index (κ1) is 10.1. The predicted octanol–water partition coefficient (Wildman–Crippen LogP) is -0.345. The molecule has 15 heavy (non-hydrogen) atoms. The highest BCUT2D eigenvalue weighted by Crippen LogP contribution is 2.11.